The van der Waals surface area contributed by atoms with Gasteiger partial charge in [-0.2, -0.15) is 14.5 Å². The number of hydrogen-bond acceptors (Lipinski definition) is 8. The van der Waals surface area contributed by atoms with Crippen LogP contribution in [0.15, 0.2) is 33.2 Å². The molecule has 1 aromatic rings. The van der Waals surface area contributed by atoms with E-state index in [-0.39, 0.29) is 29.9 Å². The molecule has 30 heavy (non-hydrogen) atoms. The number of nitrogens with zero attached hydrogens (tertiary/aromatic N) is 6. The van der Waals surface area contributed by atoms with Gasteiger partial charge in [-0.15, -0.1) is 0 Å². The lowest BCUT2D eigenvalue weighted by Crippen LogP contribution is -2.51. The van der Waals surface area contributed by atoms with E-state index in [1.165, 1.54) is 37.0 Å². The number of hydrogen-bond donors (Lipinski definition) is 0. The van der Waals surface area contributed by atoms with E-state index in [1.807, 2.05) is 0 Å². The molecule has 0 saturated carbocycles. The fourth-order valence-corrected chi connectivity index (χ4v) is 3.12. The molecular weight excluding hydrogens is 392 g/mol. The van der Waals surface area contributed by atoms with Crippen LogP contribution in [0.1, 0.15) is 5.56 Å². The van der Waals surface area contributed by atoms with Crippen molar-refractivity contribution < 1.29 is 28.4 Å². The van der Waals surface area contributed by atoms with Gasteiger partial charge in [0.15, 0.2) is 18.1 Å². The van der Waals surface area contributed by atoms with Gasteiger partial charge < -0.3 is 9.47 Å². The average molecular weight is 411 g/mol. The summed E-state index contributed by atoms with van der Waals surface area (Å²) in [6, 6.07) is 4.50. The molecule has 0 saturated heterocycles. The van der Waals surface area contributed by atoms with Gasteiger partial charge in [-0.05, 0) is 18.2 Å². The van der Waals surface area contributed by atoms with E-state index < -0.39 is 11.9 Å². The number of aliphatic imine (C=N–C) groups is 3. The fourth-order valence-electron chi connectivity index (χ4n) is 3.12. The summed E-state index contributed by atoms with van der Waals surface area (Å²) in [4.78, 5) is 51.8. The lowest BCUT2D eigenvalue weighted by Gasteiger charge is -2.15. The van der Waals surface area contributed by atoms with E-state index in [1.54, 1.807) is 18.2 Å². The first kappa shape index (κ1) is 19.4. The van der Waals surface area contributed by atoms with E-state index in [2.05, 4.69) is 15.0 Å². The molecule has 11 nitrogen and oxygen atoms in total. The van der Waals surface area contributed by atoms with Crippen molar-refractivity contribution in [3.05, 3.63) is 23.8 Å². The number of rotatable bonds is 5. The lowest BCUT2D eigenvalue weighted by molar-refractivity contribution is -0.401. The first-order chi connectivity index (χ1) is 14.4. The van der Waals surface area contributed by atoms with Gasteiger partial charge >= 0.3 is 17.8 Å². The Balaban J connectivity index is 1.61. The smallest absolute Gasteiger partial charge is 0.446 e. The maximum absolute atomic E-state index is 12.4. The van der Waals surface area contributed by atoms with Crippen LogP contribution in [0.3, 0.4) is 0 Å². The molecule has 0 fully saturated rings. The molecule has 1 aromatic carbocycles. The van der Waals surface area contributed by atoms with Crippen molar-refractivity contribution >= 4 is 41.6 Å². The van der Waals surface area contributed by atoms with Gasteiger partial charge in [-0.1, -0.05) is 4.99 Å². The van der Waals surface area contributed by atoms with E-state index in [0.717, 1.165) is 4.90 Å². The average Bonchev–Trinajstić information content (AvgIpc) is 3.45. The van der Waals surface area contributed by atoms with Crippen LogP contribution in [-0.2, 0) is 9.59 Å². The third kappa shape index (κ3) is 3.23. The van der Waals surface area contributed by atoms with E-state index in [0.29, 0.717) is 30.2 Å². The number of imide groups is 1. The zero-order valence-corrected chi connectivity index (χ0v) is 16.7. The van der Waals surface area contributed by atoms with Crippen molar-refractivity contribution in [1.82, 2.24) is 9.80 Å². The number of ether oxygens (including phenoxy) is 2. The minimum atomic E-state index is -0.519. The largest absolute Gasteiger partial charge is 0.493 e. The third-order valence-corrected chi connectivity index (χ3v) is 4.82. The molecule has 0 bridgehead atoms. The maximum Gasteiger partial charge on any atom is 0.446 e. The van der Waals surface area contributed by atoms with Gasteiger partial charge in [0.2, 0.25) is 11.5 Å². The topological polar surface area (TPSA) is 116 Å². The highest BCUT2D eigenvalue weighted by Gasteiger charge is 2.44. The Morgan fingerprint density at radius 1 is 1.23 bits per heavy atom. The first-order valence-electron chi connectivity index (χ1n) is 9.11. The molecule has 0 spiro atoms. The summed E-state index contributed by atoms with van der Waals surface area (Å²) in [6.45, 7) is 0.917. The molecule has 0 atom stereocenters. The SMILES string of the molecule is COc1ccc(C2=NC3=[N+](C)C(=O)N(C)C(=O)C3=N2)cc1OCC(=O)N1C=NCC1. The van der Waals surface area contributed by atoms with Crippen LogP contribution in [-0.4, -0.2) is 96.8 Å². The molecule has 0 unspecified atom stereocenters. The zero-order chi connectivity index (χ0) is 21.4. The minimum absolute atomic E-state index is 0.0939. The summed E-state index contributed by atoms with van der Waals surface area (Å²) >= 11 is 0. The van der Waals surface area contributed by atoms with Crippen LogP contribution in [0.4, 0.5) is 4.79 Å². The normalized spacial score (nSPS) is 18.0. The van der Waals surface area contributed by atoms with Crippen LogP contribution < -0.4 is 9.47 Å². The Kier molecular flexibility index (Phi) is 4.86. The Bertz CT molecular complexity index is 1090. The predicted octanol–water partition coefficient (Wildman–Crippen LogP) is -0.221. The van der Waals surface area contributed by atoms with Crippen molar-refractivity contribution in [2.45, 2.75) is 0 Å². The van der Waals surface area contributed by atoms with Crippen molar-refractivity contribution in [1.29, 1.82) is 0 Å². The van der Waals surface area contributed by atoms with Crippen molar-refractivity contribution in [2.24, 2.45) is 15.0 Å². The highest BCUT2D eigenvalue weighted by molar-refractivity contribution is 6.70. The van der Waals surface area contributed by atoms with Gasteiger partial charge in [-0.25, -0.2) is 9.59 Å². The van der Waals surface area contributed by atoms with Crippen LogP contribution >= 0.6 is 0 Å². The van der Waals surface area contributed by atoms with Crippen LogP contribution in [0.2, 0.25) is 0 Å². The summed E-state index contributed by atoms with van der Waals surface area (Å²) in [5, 5.41) is 0. The molecule has 154 valence electrons. The molecule has 0 N–H and O–H groups in total. The van der Waals surface area contributed by atoms with E-state index in [9.17, 15) is 14.4 Å². The van der Waals surface area contributed by atoms with Crippen molar-refractivity contribution in [2.75, 3.05) is 40.9 Å². The Labute approximate surface area is 171 Å². The van der Waals surface area contributed by atoms with Crippen LogP contribution in [0.25, 0.3) is 0 Å². The number of carbonyl (C=O) groups is 3. The first-order valence-corrected chi connectivity index (χ1v) is 9.11. The summed E-state index contributed by atoms with van der Waals surface area (Å²) in [5.74, 6) is 0.470. The Morgan fingerprint density at radius 2 is 2.03 bits per heavy atom. The maximum atomic E-state index is 12.4. The molecule has 0 aromatic heterocycles. The number of fused-ring (bicyclic) bond motifs is 1. The zero-order valence-electron chi connectivity index (χ0n) is 16.7. The number of amidine groups is 2. The second-order valence-corrected chi connectivity index (χ2v) is 6.69. The number of methoxy groups -OCH3 is 1. The number of carbonyl (C=O) groups excluding carboxylic acids is 3. The highest BCUT2D eigenvalue weighted by Crippen LogP contribution is 2.29. The van der Waals surface area contributed by atoms with Gasteiger partial charge in [-0.3, -0.25) is 14.7 Å². The Morgan fingerprint density at radius 3 is 2.73 bits per heavy atom. The molecule has 4 rings (SSSR count). The number of benzene rings is 1. The van der Waals surface area contributed by atoms with E-state index >= 15 is 0 Å². The molecule has 3 heterocycles. The van der Waals surface area contributed by atoms with Gasteiger partial charge in [0.1, 0.15) is 0 Å². The van der Waals surface area contributed by atoms with E-state index in [4.69, 9.17) is 9.47 Å². The van der Waals surface area contributed by atoms with Gasteiger partial charge in [0.25, 0.3) is 5.91 Å². The number of urea groups is 1. The minimum Gasteiger partial charge on any atom is -0.493 e. The molecule has 3 aliphatic rings. The molecular formula is C19H19N6O5+. The fraction of sp³-hybridized carbons (Fsp3) is 0.316. The third-order valence-electron chi connectivity index (χ3n) is 4.82. The van der Waals surface area contributed by atoms with Crippen LogP contribution in [0, 0.1) is 0 Å². The quantitative estimate of drug-likeness (QED) is 0.621. The lowest BCUT2D eigenvalue weighted by atomic mass is 10.2. The predicted molar refractivity (Wildman–Crippen MR) is 107 cm³/mol. The van der Waals surface area contributed by atoms with Gasteiger partial charge in [0, 0.05) is 12.1 Å². The second-order valence-electron chi connectivity index (χ2n) is 6.69. The molecule has 11 heteroatoms. The number of amides is 4. The summed E-state index contributed by atoms with van der Waals surface area (Å²) in [6.07, 6.45) is 1.49. The van der Waals surface area contributed by atoms with Gasteiger partial charge in [0.05, 0.1) is 34.1 Å². The van der Waals surface area contributed by atoms with Crippen molar-refractivity contribution in [3.63, 3.8) is 0 Å². The highest BCUT2D eigenvalue weighted by atomic mass is 16.5. The second kappa shape index (κ2) is 7.50. The standard InChI is InChI=1S/C19H19N6O5/c1-23-17-15(18(27)24(2)19(23)28)21-16(22-17)11-4-5-12(29-3)13(8-11)30-9-14(26)25-7-6-20-10-25/h4-5,8,10H,6-7,9H2,1-3H3/q+1. The van der Waals surface area contributed by atoms with Crippen molar-refractivity contribution in [3.8, 4) is 11.5 Å². The van der Waals surface area contributed by atoms with Crippen LogP contribution in [0.5, 0.6) is 11.5 Å². The molecule has 3 aliphatic heterocycles. The monoisotopic (exact) mass is 411 g/mol. The summed E-state index contributed by atoms with van der Waals surface area (Å²) in [7, 11) is 4.40. The molecule has 0 radical (unpaired) electrons. The molecule has 4 amide bonds. The summed E-state index contributed by atoms with van der Waals surface area (Å²) < 4.78 is 12.2. The summed E-state index contributed by atoms with van der Waals surface area (Å²) in [5.41, 5.74) is 0.642. The molecule has 0 aliphatic carbocycles. The Hall–Kier alpha value is -3.89.